The molecule has 0 spiro atoms. The molecule has 0 aliphatic carbocycles. The van der Waals surface area contributed by atoms with E-state index in [0.717, 1.165) is 0 Å². The molecule has 108 valence electrons. The number of carbonyl (C=O) groups excluding carboxylic acids is 1. The summed E-state index contributed by atoms with van der Waals surface area (Å²) in [6.45, 7) is 3.85. The number of likely N-dealkylation sites (N-methyl/N-ethyl adjacent to an activating group) is 1. The lowest BCUT2D eigenvalue weighted by Crippen LogP contribution is -2.39. The number of rotatable bonds is 6. The molecule has 0 heterocycles. The third kappa shape index (κ3) is 4.90. The van der Waals surface area contributed by atoms with Crippen molar-refractivity contribution < 1.29 is 14.6 Å². The normalized spacial score (nSPS) is 13.2. The van der Waals surface area contributed by atoms with Gasteiger partial charge in [-0.25, -0.2) is 0 Å². The molecule has 0 aliphatic heterocycles. The minimum atomic E-state index is -0.609. The molecule has 1 amide bonds. The summed E-state index contributed by atoms with van der Waals surface area (Å²) in [4.78, 5) is 13.6. The molecule has 2 atom stereocenters. The first-order valence-electron chi connectivity index (χ1n) is 6.54. The van der Waals surface area contributed by atoms with Gasteiger partial charge in [0.1, 0.15) is 5.75 Å². The first kappa shape index (κ1) is 16.0. The summed E-state index contributed by atoms with van der Waals surface area (Å²) in [7, 11) is 1.68. The van der Waals surface area contributed by atoms with Gasteiger partial charge in [-0.05, 0) is 44.5 Å². The van der Waals surface area contributed by atoms with E-state index in [2.05, 4.69) is 0 Å². The van der Waals surface area contributed by atoms with Crippen LogP contribution < -0.4 is 4.74 Å². The highest BCUT2D eigenvalue weighted by Crippen LogP contribution is 2.14. The number of amides is 1. The Bertz CT molecular complexity index is 477. The molecule has 5 heteroatoms. The summed E-state index contributed by atoms with van der Waals surface area (Å²) in [6, 6.07) is 8.64. The Morgan fingerprint density at radius 1 is 1.40 bits per heavy atom. The second-order valence-corrected chi connectivity index (χ2v) is 4.79. The molecule has 0 saturated heterocycles. The van der Waals surface area contributed by atoms with Crippen LogP contribution in [0, 0.1) is 11.3 Å². The van der Waals surface area contributed by atoms with Gasteiger partial charge in [-0.2, -0.15) is 5.26 Å². The van der Waals surface area contributed by atoms with E-state index in [0.29, 0.717) is 24.3 Å². The third-order valence-corrected chi connectivity index (χ3v) is 2.90. The molecule has 1 rings (SSSR count). The standard InChI is InChI=1S/C15H20N2O3/c1-11(18)8-9-17(3)15(19)12(2)20-14-6-4-13(10-16)5-7-14/h4-7,11-12,18H,8-9H2,1-3H3. The van der Waals surface area contributed by atoms with Gasteiger partial charge in [0.05, 0.1) is 17.7 Å². The number of ether oxygens (including phenoxy) is 1. The molecule has 1 aromatic rings. The first-order valence-corrected chi connectivity index (χ1v) is 6.54. The maximum absolute atomic E-state index is 12.0. The highest BCUT2D eigenvalue weighted by Gasteiger charge is 2.19. The van der Waals surface area contributed by atoms with Crippen LogP contribution in [0.15, 0.2) is 24.3 Å². The number of nitrogens with zero attached hydrogens (tertiary/aromatic N) is 2. The fourth-order valence-corrected chi connectivity index (χ4v) is 1.66. The van der Waals surface area contributed by atoms with Gasteiger partial charge in [-0.1, -0.05) is 0 Å². The lowest BCUT2D eigenvalue weighted by molar-refractivity contribution is -0.136. The zero-order valence-electron chi connectivity index (χ0n) is 12.0. The Labute approximate surface area is 119 Å². The van der Waals surface area contributed by atoms with Crippen LogP contribution in [0.2, 0.25) is 0 Å². The molecule has 0 fully saturated rings. The summed E-state index contributed by atoms with van der Waals surface area (Å²) in [6.07, 6.45) is -0.506. The number of hydrogen-bond donors (Lipinski definition) is 1. The maximum Gasteiger partial charge on any atom is 0.263 e. The van der Waals surface area contributed by atoms with E-state index in [-0.39, 0.29) is 5.91 Å². The van der Waals surface area contributed by atoms with E-state index in [1.54, 1.807) is 50.1 Å². The molecule has 2 unspecified atom stereocenters. The molecule has 0 aromatic heterocycles. The molecule has 0 bridgehead atoms. The Morgan fingerprint density at radius 3 is 2.50 bits per heavy atom. The number of hydrogen-bond acceptors (Lipinski definition) is 4. The Balaban J connectivity index is 2.54. The number of nitriles is 1. The topological polar surface area (TPSA) is 73.6 Å². The smallest absolute Gasteiger partial charge is 0.263 e. The molecular formula is C15H20N2O3. The Morgan fingerprint density at radius 2 is 2.00 bits per heavy atom. The van der Waals surface area contributed by atoms with Crippen LogP contribution in [-0.2, 0) is 4.79 Å². The monoisotopic (exact) mass is 276 g/mol. The van der Waals surface area contributed by atoms with Gasteiger partial charge in [0.2, 0.25) is 0 Å². The van der Waals surface area contributed by atoms with Gasteiger partial charge in [0.15, 0.2) is 6.10 Å². The lowest BCUT2D eigenvalue weighted by atomic mass is 10.2. The minimum Gasteiger partial charge on any atom is -0.481 e. The number of carbonyl (C=O) groups is 1. The number of aliphatic hydroxyl groups excluding tert-OH is 1. The van der Waals surface area contributed by atoms with E-state index < -0.39 is 12.2 Å². The van der Waals surface area contributed by atoms with Crippen molar-refractivity contribution in [3.8, 4) is 11.8 Å². The zero-order valence-corrected chi connectivity index (χ0v) is 12.0. The van der Waals surface area contributed by atoms with Gasteiger partial charge in [-0.3, -0.25) is 4.79 Å². The predicted molar refractivity (Wildman–Crippen MR) is 75.2 cm³/mol. The van der Waals surface area contributed by atoms with Crippen molar-refractivity contribution in [2.75, 3.05) is 13.6 Å². The summed E-state index contributed by atoms with van der Waals surface area (Å²) in [5.74, 6) is 0.406. The van der Waals surface area contributed by atoms with Crippen LogP contribution in [0.5, 0.6) is 5.75 Å². The van der Waals surface area contributed by atoms with Gasteiger partial charge in [0, 0.05) is 13.6 Å². The summed E-state index contributed by atoms with van der Waals surface area (Å²) in [5, 5.41) is 17.9. The third-order valence-electron chi connectivity index (χ3n) is 2.90. The van der Waals surface area contributed by atoms with Gasteiger partial charge in [-0.15, -0.1) is 0 Å². The minimum absolute atomic E-state index is 0.144. The average molecular weight is 276 g/mol. The van der Waals surface area contributed by atoms with Crippen molar-refractivity contribution >= 4 is 5.91 Å². The van der Waals surface area contributed by atoms with E-state index >= 15 is 0 Å². The van der Waals surface area contributed by atoms with Crippen LogP contribution in [-0.4, -0.2) is 41.7 Å². The second-order valence-electron chi connectivity index (χ2n) is 4.79. The van der Waals surface area contributed by atoms with Gasteiger partial charge < -0.3 is 14.7 Å². The van der Waals surface area contributed by atoms with Crippen molar-refractivity contribution in [1.29, 1.82) is 5.26 Å². The van der Waals surface area contributed by atoms with Crippen LogP contribution >= 0.6 is 0 Å². The van der Waals surface area contributed by atoms with Crippen LogP contribution in [0.3, 0.4) is 0 Å². The number of aliphatic hydroxyl groups is 1. The SMILES string of the molecule is CC(O)CCN(C)C(=O)C(C)Oc1ccc(C#N)cc1. The zero-order chi connectivity index (χ0) is 15.1. The van der Waals surface area contributed by atoms with E-state index in [1.165, 1.54) is 0 Å². The fraction of sp³-hybridized carbons (Fsp3) is 0.467. The van der Waals surface area contributed by atoms with Gasteiger partial charge >= 0.3 is 0 Å². The summed E-state index contributed by atoms with van der Waals surface area (Å²) in [5.41, 5.74) is 0.547. The molecular weight excluding hydrogens is 256 g/mol. The Kier molecular flexibility index (Phi) is 6.01. The maximum atomic E-state index is 12.0. The lowest BCUT2D eigenvalue weighted by Gasteiger charge is -2.22. The van der Waals surface area contributed by atoms with Crippen molar-refractivity contribution in [3.05, 3.63) is 29.8 Å². The van der Waals surface area contributed by atoms with Crippen molar-refractivity contribution in [1.82, 2.24) is 4.90 Å². The van der Waals surface area contributed by atoms with E-state index in [1.807, 2.05) is 6.07 Å². The molecule has 0 saturated carbocycles. The van der Waals surface area contributed by atoms with Crippen LogP contribution in [0.4, 0.5) is 0 Å². The molecule has 5 nitrogen and oxygen atoms in total. The van der Waals surface area contributed by atoms with E-state index in [4.69, 9.17) is 10.00 Å². The molecule has 0 aliphatic rings. The van der Waals surface area contributed by atoms with Crippen molar-refractivity contribution in [3.63, 3.8) is 0 Å². The second kappa shape index (κ2) is 7.51. The molecule has 1 N–H and O–H groups in total. The number of benzene rings is 1. The average Bonchev–Trinajstić information content (AvgIpc) is 2.44. The first-order chi connectivity index (χ1) is 9.43. The van der Waals surface area contributed by atoms with Crippen LogP contribution in [0.25, 0.3) is 0 Å². The van der Waals surface area contributed by atoms with Crippen molar-refractivity contribution in [2.24, 2.45) is 0 Å². The molecule has 20 heavy (non-hydrogen) atoms. The van der Waals surface area contributed by atoms with Gasteiger partial charge in [0.25, 0.3) is 5.91 Å². The molecule has 1 aromatic carbocycles. The van der Waals surface area contributed by atoms with E-state index in [9.17, 15) is 9.90 Å². The summed E-state index contributed by atoms with van der Waals surface area (Å²) < 4.78 is 5.54. The Hall–Kier alpha value is -2.06. The highest BCUT2D eigenvalue weighted by molar-refractivity contribution is 5.80. The fourth-order valence-electron chi connectivity index (χ4n) is 1.66. The van der Waals surface area contributed by atoms with Crippen LogP contribution in [0.1, 0.15) is 25.8 Å². The van der Waals surface area contributed by atoms with Crippen molar-refractivity contribution in [2.45, 2.75) is 32.5 Å². The predicted octanol–water partition coefficient (Wildman–Crippen LogP) is 1.55. The quantitative estimate of drug-likeness (QED) is 0.855. The largest absolute Gasteiger partial charge is 0.481 e. The highest BCUT2D eigenvalue weighted by atomic mass is 16.5. The summed E-state index contributed by atoms with van der Waals surface area (Å²) >= 11 is 0. The molecule has 0 radical (unpaired) electrons.